The maximum absolute atomic E-state index is 12.2. The van der Waals surface area contributed by atoms with Gasteiger partial charge in [-0.05, 0) is 12.1 Å². The van der Waals surface area contributed by atoms with E-state index < -0.39 is 15.8 Å². The van der Waals surface area contributed by atoms with Crippen molar-refractivity contribution in [3.8, 4) is 0 Å². The Balaban J connectivity index is 1.72. The van der Waals surface area contributed by atoms with Gasteiger partial charge in [0.1, 0.15) is 0 Å². The third kappa shape index (κ3) is 3.44. The van der Waals surface area contributed by atoms with Crippen molar-refractivity contribution < 1.29 is 22.4 Å². The van der Waals surface area contributed by atoms with Crippen LogP contribution >= 0.6 is 0 Å². The minimum Gasteiger partial charge on any atom is -0.408 e. The standard InChI is InChI=1S/C13H15N3O6S/c17-12(16-3-5-21-6-4-16)8-14-23(19,20)9-1-2-10-11(7-9)22-13(18)15-10/h1-2,7,14H,3-6,8H2,(H,15,18). The van der Waals surface area contributed by atoms with E-state index in [4.69, 9.17) is 9.15 Å². The molecule has 0 spiro atoms. The van der Waals surface area contributed by atoms with Crippen molar-refractivity contribution in [3.63, 3.8) is 0 Å². The minimum atomic E-state index is -3.88. The molecule has 23 heavy (non-hydrogen) atoms. The summed E-state index contributed by atoms with van der Waals surface area (Å²) in [6.45, 7) is 1.45. The van der Waals surface area contributed by atoms with Gasteiger partial charge in [-0.15, -0.1) is 0 Å². The highest BCUT2D eigenvalue weighted by Crippen LogP contribution is 2.16. The Kier molecular flexibility index (Phi) is 4.20. The molecule has 10 heteroatoms. The molecule has 0 unspecified atom stereocenters. The van der Waals surface area contributed by atoms with E-state index in [1.165, 1.54) is 18.2 Å². The number of nitrogens with one attached hydrogen (secondary N) is 2. The number of nitrogens with zero attached hydrogens (tertiary/aromatic N) is 1. The van der Waals surface area contributed by atoms with Crippen LogP contribution in [-0.2, 0) is 19.6 Å². The molecule has 9 nitrogen and oxygen atoms in total. The molecule has 0 saturated carbocycles. The molecule has 2 heterocycles. The molecule has 1 amide bonds. The summed E-state index contributed by atoms with van der Waals surface area (Å²) in [5.74, 6) is -0.976. The van der Waals surface area contributed by atoms with Gasteiger partial charge in [-0.25, -0.2) is 17.9 Å². The van der Waals surface area contributed by atoms with E-state index in [2.05, 4.69) is 9.71 Å². The topological polar surface area (TPSA) is 122 Å². The first-order valence-electron chi connectivity index (χ1n) is 6.94. The number of aromatic nitrogens is 1. The quantitative estimate of drug-likeness (QED) is 0.755. The van der Waals surface area contributed by atoms with Gasteiger partial charge >= 0.3 is 5.76 Å². The molecule has 1 fully saturated rings. The number of amides is 1. The second-order valence-electron chi connectivity index (χ2n) is 4.99. The average Bonchev–Trinajstić information content (AvgIpc) is 2.92. The number of carbonyl (C=O) groups excluding carboxylic acids is 1. The van der Waals surface area contributed by atoms with Crippen molar-refractivity contribution in [1.82, 2.24) is 14.6 Å². The monoisotopic (exact) mass is 341 g/mol. The van der Waals surface area contributed by atoms with Gasteiger partial charge in [0.15, 0.2) is 5.58 Å². The molecule has 1 aliphatic heterocycles. The number of oxazole rings is 1. The van der Waals surface area contributed by atoms with Crippen LogP contribution in [0.2, 0.25) is 0 Å². The Morgan fingerprint density at radius 3 is 2.78 bits per heavy atom. The summed E-state index contributed by atoms with van der Waals surface area (Å²) < 4.78 is 36.7. The molecule has 0 bridgehead atoms. The number of sulfonamides is 1. The number of benzene rings is 1. The molecule has 124 valence electrons. The third-order valence-corrected chi connectivity index (χ3v) is 4.88. The number of aromatic amines is 1. The van der Waals surface area contributed by atoms with Crippen LogP contribution in [0.3, 0.4) is 0 Å². The van der Waals surface area contributed by atoms with E-state index in [9.17, 15) is 18.0 Å². The highest BCUT2D eigenvalue weighted by Gasteiger charge is 2.21. The molecular weight excluding hydrogens is 326 g/mol. The van der Waals surface area contributed by atoms with Crippen molar-refractivity contribution in [3.05, 3.63) is 28.7 Å². The number of fused-ring (bicyclic) bond motifs is 1. The average molecular weight is 341 g/mol. The van der Waals surface area contributed by atoms with E-state index in [1.54, 1.807) is 4.90 Å². The van der Waals surface area contributed by atoms with Gasteiger partial charge in [0.2, 0.25) is 15.9 Å². The van der Waals surface area contributed by atoms with Crippen LogP contribution < -0.4 is 10.5 Å². The van der Waals surface area contributed by atoms with E-state index in [-0.39, 0.29) is 22.9 Å². The molecular formula is C13H15N3O6S. The summed E-state index contributed by atoms with van der Waals surface area (Å²) in [5.41, 5.74) is 0.538. The third-order valence-electron chi connectivity index (χ3n) is 3.48. The molecule has 2 N–H and O–H groups in total. The van der Waals surface area contributed by atoms with Gasteiger partial charge < -0.3 is 14.1 Å². The second kappa shape index (κ2) is 6.14. The highest BCUT2D eigenvalue weighted by molar-refractivity contribution is 7.89. The lowest BCUT2D eigenvalue weighted by molar-refractivity contribution is -0.133. The Hall–Kier alpha value is -2.17. The molecule has 0 radical (unpaired) electrons. The number of H-pyrrole nitrogens is 1. The highest BCUT2D eigenvalue weighted by atomic mass is 32.2. The normalized spacial score (nSPS) is 15.9. The van der Waals surface area contributed by atoms with Crippen molar-refractivity contribution in [2.75, 3.05) is 32.8 Å². The first-order valence-corrected chi connectivity index (χ1v) is 8.42. The van der Waals surface area contributed by atoms with Crippen molar-refractivity contribution in [2.24, 2.45) is 0 Å². The van der Waals surface area contributed by atoms with Crippen LogP contribution in [0.4, 0.5) is 0 Å². The fraction of sp³-hybridized carbons (Fsp3) is 0.385. The lowest BCUT2D eigenvalue weighted by atomic mass is 10.3. The Bertz CT molecular complexity index is 878. The number of hydrogen-bond acceptors (Lipinski definition) is 6. The van der Waals surface area contributed by atoms with Crippen LogP contribution in [0.15, 0.2) is 32.3 Å². The van der Waals surface area contributed by atoms with E-state index in [0.717, 1.165) is 0 Å². The number of hydrogen-bond donors (Lipinski definition) is 2. The summed E-state index contributed by atoms with van der Waals surface area (Å²) >= 11 is 0. The first kappa shape index (κ1) is 15.7. The van der Waals surface area contributed by atoms with Crippen LogP contribution in [0.1, 0.15) is 0 Å². The van der Waals surface area contributed by atoms with Crippen molar-refractivity contribution >= 4 is 27.0 Å². The smallest absolute Gasteiger partial charge is 0.408 e. The summed E-state index contributed by atoms with van der Waals surface area (Å²) in [5, 5.41) is 0. The lowest BCUT2D eigenvalue weighted by Gasteiger charge is -2.26. The van der Waals surface area contributed by atoms with Gasteiger partial charge in [-0.1, -0.05) is 0 Å². The molecule has 1 aliphatic rings. The van der Waals surface area contributed by atoms with Crippen LogP contribution in [0, 0.1) is 0 Å². The Labute approximate surface area is 131 Å². The molecule has 0 aliphatic carbocycles. The summed E-state index contributed by atoms with van der Waals surface area (Å²) in [6.07, 6.45) is 0. The van der Waals surface area contributed by atoms with Crippen molar-refractivity contribution in [1.29, 1.82) is 0 Å². The van der Waals surface area contributed by atoms with Gasteiger partial charge in [-0.2, -0.15) is 0 Å². The Morgan fingerprint density at radius 2 is 2.04 bits per heavy atom. The fourth-order valence-corrected chi connectivity index (χ4v) is 3.25. The maximum Gasteiger partial charge on any atom is 0.417 e. The number of rotatable bonds is 4. The zero-order chi connectivity index (χ0) is 16.4. The van der Waals surface area contributed by atoms with Crippen LogP contribution in [0.5, 0.6) is 0 Å². The number of ether oxygens (including phenoxy) is 1. The molecule has 1 saturated heterocycles. The summed E-state index contributed by atoms with van der Waals surface area (Å²) in [6, 6.07) is 3.99. The largest absolute Gasteiger partial charge is 0.417 e. The van der Waals surface area contributed by atoms with Gasteiger partial charge in [0.25, 0.3) is 0 Å². The predicted molar refractivity (Wildman–Crippen MR) is 79.4 cm³/mol. The summed E-state index contributed by atoms with van der Waals surface area (Å²) in [7, 11) is -3.88. The minimum absolute atomic E-state index is 0.0810. The Morgan fingerprint density at radius 1 is 1.30 bits per heavy atom. The number of carbonyl (C=O) groups is 1. The molecule has 0 atom stereocenters. The molecule has 3 rings (SSSR count). The fourth-order valence-electron chi connectivity index (χ4n) is 2.26. The van der Waals surface area contributed by atoms with Gasteiger partial charge in [0, 0.05) is 19.2 Å². The van der Waals surface area contributed by atoms with E-state index in [0.29, 0.717) is 31.8 Å². The number of morpholine rings is 1. The zero-order valence-electron chi connectivity index (χ0n) is 12.1. The van der Waals surface area contributed by atoms with Gasteiger partial charge in [-0.3, -0.25) is 9.78 Å². The summed E-state index contributed by atoms with van der Waals surface area (Å²) in [4.78, 5) is 26.9. The SMILES string of the molecule is O=C(CNS(=O)(=O)c1ccc2[nH]c(=O)oc2c1)N1CCOCC1. The maximum atomic E-state index is 12.2. The predicted octanol–water partition coefficient (Wildman–Crippen LogP) is -0.742. The molecule has 1 aromatic carbocycles. The second-order valence-corrected chi connectivity index (χ2v) is 6.76. The van der Waals surface area contributed by atoms with Crippen LogP contribution in [-0.4, -0.2) is 57.1 Å². The van der Waals surface area contributed by atoms with Crippen LogP contribution in [0.25, 0.3) is 11.1 Å². The van der Waals surface area contributed by atoms with E-state index in [1.807, 2.05) is 0 Å². The molecule has 2 aromatic rings. The van der Waals surface area contributed by atoms with Gasteiger partial charge in [0.05, 0.1) is 30.2 Å². The first-order chi connectivity index (χ1) is 11.0. The van der Waals surface area contributed by atoms with Crippen molar-refractivity contribution in [2.45, 2.75) is 4.90 Å². The molecule has 1 aromatic heterocycles. The zero-order valence-corrected chi connectivity index (χ0v) is 12.9. The van der Waals surface area contributed by atoms with E-state index >= 15 is 0 Å². The lowest BCUT2D eigenvalue weighted by Crippen LogP contribution is -2.45.